The van der Waals surface area contributed by atoms with E-state index in [4.69, 9.17) is 4.74 Å². The molecule has 2 nitrogen and oxygen atoms in total. The first-order chi connectivity index (χ1) is 8.31. The Hall–Kier alpha value is -0.670. The maximum absolute atomic E-state index is 5.45. The van der Waals surface area contributed by atoms with Gasteiger partial charge in [-0.3, -0.25) is 0 Å². The predicted octanol–water partition coefficient (Wildman–Crippen LogP) is 3.62. The van der Waals surface area contributed by atoms with E-state index in [1.54, 1.807) is 7.11 Å². The molecule has 2 rings (SSSR count). The second kappa shape index (κ2) is 5.78. The summed E-state index contributed by atoms with van der Waals surface area (Å²) in [6, 6.07) is 6.86. The largest absolute Gasteiger partial charge is 0.496 e. The average molecular weight is 251 g/mol. The molecule has 0 bridgehead atoms. The molecule has 0 saturated carbocycles. The summed E-state index contributed by atoms with van der Waals surface area (Å²) in [5.74, 6) is 1.02. The van der Waals surface area contributed by atoms with Gasteiger partial charge in [0, 0.05) is 11.3 Å². The Morgan fingerprint density at radius 1 is 1.35 bits per heavy atom. The van der Waals surface area contributed by atoms with Crippen LogP contribution < -0.4 is 10.1 Å². The van der Waals surface area contributed by atoms with Gasteiger partial charge in [-0.15, -0.1) is 11.8 Å². The van der Waals surface area contributed by atoms with Crippen LogP contribution in [0.2, 0.25) is 0 Å². The van der Waals surface area contributed by atoms with Crippen LogP contribution in [-0.2, 0) is 0 Å². The molecule has 1 aromatic carbocycles. The number of rotatable bonds is 5. The zero-order valence-corrected chi connectivity index (χ0v) is 11.6. The number of nitrogens with one attached hydrogen (secondary N) is 1. The first-order valence-electron chi connectivity index (χ1n) is 6.38. The highest BCUT2D eigenvalue weighted by Gasteiger charge is 2.33. The summed E-state index contributed by atoms with van der Waals surface area (Å²) in [6.07, 6.45) is 2.36. The summed E-state index contributed by atoms with van der Waals surface area (Å²) < 4.78 is 5.45. The second-order valence-electron chi connectivity index (χ2n) is 4.37. The number of benzene rings is 1. The molecular weight excluding hydrogens is 230 g/mol. The summed E-state index contributed by atoms with van der Waals surface area (Å²) in [5.41, 5.74) is 1.41. The molecule has 1 heterocycles. The molecule has 0 spiro atoms. The Labute approximate surface area is 108 Å². The lowest BCUT2D eigenvalue weighted by molar-refractivity contribution is 0.403. The first-order valence-corrected chi connectivity index (χ1v) is 7.26. The molecule has 0 aromatic heterocycles. The van der Waals surface area contributed by atoms with Gasteiger partial charge in [-0.25, -0.2) is 0 Å². The molecule has 1 aromatic rings. The third-order valence-electron chi connectivity index (χ3n) is 3.22. The topological polar surface area (TPSA) is 21.3 Å². The summed E-state index contributed by atoms with van der Waals surface area (Å²) in [4.78, 5) is 1.33. The van der Waals surface area contributed by atoms with Crippen LogP contribution in [0.1, 0.15) is 38.3 Å². The van der Waals surface area contributed by atoms with E-state index in [0.717, 1.165) is 12.3 Å². The molecule has 0 radical (unpaired) electrons. The highest BCUT2D eigenvalue weighted by Crippen LogP contribution is 2.49. The Kier molecular flexibility index (Phi) is 4.35. The Morgan fingerprint density at radius 2 is 2.18 bits per heavy atom. The number of ether oxygens (including phenoxy) is 1. The van der Waals surface area contributed by atoms with E-state index in [-0.39, 0.29) is 0 Å². The molecule has 2 atom stereocenters. The molecule has 1 aliphatic rings. The molecule has 0 fully saturated rings. The van der Waals surface area contributed by atoms with Crippen molar-refractivity contribution in [1.82, 2.24) is 5.32 Å². The number of hydrogen-bond donors (Lipinski definition) is 1. The molecule has 1 aliphatic heterocycles. The molecule has 94 valence electrons. The van der Waals surface area contributed by atoms with Crippen molar-refractivity contribution < 1.29 is 4.74 Å². The normalized spacial score (nSPS) is 22.5. The van der Waals surface area contributed by atoms with Crippen molar-refractivity contribution >= 4 is 11.8 Å². The van der Waals surface area contributed by atoms with Crippen LogP contribution in [0.4, 0.5) is 0 Å². The molecule has 0 amide bonds. The molecule has 3 heteroatoms. The monoisotopic (exact) mass is 251 g/mol. The Bertz CT molecular complexity index is 380. The van der Waals surface area contributed by atoms with E-state index in [1.807, 2.05) is 11.8 Å². The highest BCUT2D eigenvalue weighted by atomic mass is 32.2. The Morgan fingerprint density at radius 3 is 2.82 bits per heavy atom. The van der Waals surface area contributed by atoms with Crippen LogP contribution in [0.25, 0.3) is 0 Å². The minimum Gasteiger partial charge on any atom is -0.496 e. The maximum Gasteiger partial charge on any atom is 0.132 e. The average Bonchev–Trinajstić information content (AvgIpc) is 2.73. The van der Waals surface area contributed by atoms with Crippen LogP contribution in [0.3, 0.4) is 0 Å². The quantitative estimate of drug-likeness (QED) is 0.863. The minimum atomic E-state index is 0.482. The van der Waals surface area contributed by atoms with Gasteiger partial charge < -0.3 is 10.1 Å². The number of thioether (sulfide) groups is 1. The van der Waals surface area contributed by atoms with Gasteiger partial charge in [0.25, 0.3) is 0 Å². The molecule has 17 heavy (non-hydrogen) atoms. The number of methoxy groups -OCH3 is 1. The zero-order valence-electron chi connectivity index (χ0n) is 10.8. The molecule has 0 saturated heterocycles. The van der Waals surface area contributed by atoms with E-state index in [9.17, 15) is 0 Å². The lowest BCUT2D eigenvalue weighted by atomic mass is 10.0. The predicted molar refractivity (Wildman–Crippen MR) is 74.0 cm³/mol. The van der Waals surface area contributed by atoms with E-state index in [0.29, 0.717) is 11.3 Å². The summed E-state index contributed by atoms with van der Waals surface area (Å²) in [6.45, 7) is 5.55. The van der Waals surface area contributed by atoms with Gasteiger partial charge in [-0.05, 0) is 31.0 Å². The van der Waals surface area contributed by atoms with E-state index < -0.39 is 0 Å². The molecular formula is C14H21NOS. The van der Waals surface area contributed by atoms with Gasteiger partial charge in [0.1, 0.15) is 5.75 Å². The van der Waals surface area contributed by atoms with Crippen molar-refractivity contribution in [1.29, 1.82) is 0 Å². The third kappa shape index (κ3) is 2.45. The van der Waals surface area contributed by atoms with Gasteiger partial charge in [-0.1, -0.05) is 26.0 Å². The van der Waals surface area contributed by atoms with Gasteiger partial charge in [0.15, 0.2) is 0 Å². The third-order valence-corrected chi connectivity index (χ3v) is 4.80. The van der Waals surface area contributed by atoms with Crippen molar-refractivity contribution in [2.45, 2.75) is 42.9 Å². The van der Waals surface area contributed by atoms with Crippen LogP contribution in [0.5, 0.6) is 5.75 Å². The van der Waals surface area contributed by atoms with Crippen molar-refractivity contribution in [3.05, 3.63) is 23.8 Å². The number of fused-ring (bicyclic) bond motifs is 1. The van der Waals surface area contributed by atoms with Crippen LogP contribution in [0.15, 0.2) is 23.1 Å². The zero-order chi connectivity index (χ0) is 12.3. The maximum atomic E-state index is 5.45. The van der Waals surface area contributed by atoms with Crippen molar-refractivity contribution in [3.63, 3.8) is 0 Å². The summed E-state index contributed by atoms with van der Waals surface area (Å²) >= 11 is 1.96. The van der Waals surface area contributed by atoms with Crippen LogP contribution in [-0.4, -0.2) is 18.9 Å². The van der Waals surface area contributed by atoms with Gasteiger partial charge >= 0.3 is 0 Å². The standard InChI is InChI=1S/C14H21NOS/c1-4-9-15-13-10-7-6-8-11(16-3)14(10)17-12(13)5-2/h6-8,12-13,15H,4-5,9H2,1-3H3. The molecule has 2 unspecified atom stereocenters. The first kappa shape index (κ1) is 12.8. The fraction of sp³-hybridized carbons (Fsp3) is 0.571. The van der Waals surface area contributed by atoms with Crippen LogP contribution in [0, 0.1) is 0 Å². The van der Waals surface area contributed by atoms with Gasteiger partial charge in [0.2, 0.25) is 0 Å². The molecule has 1 N–H and O–H groups in total. The van der Waals surface area contributed by atoms with E-state index in [2.05, 4.69) is 37.4 Å². The lowest BCUT2D eigenvalue weighted by Gasteiger charge is -2.19. The fourth-order valence-electron chi connectivity index (χ4n) is 2.34. The van der Waals surface area contributed by atoms with E-state index in [1.165, 1.54) is 23.3 Å². The number of hydrogen-bond acceptors (Lipinski definition) is 3. The van der Waals surface area contributed by atoms with Crippen molar-refractivity contribution in [2.75, 3.05) is 13.7 Å². The van der Waals surface area contributed by atoms with Crippen LogP contribution >= 0.6 is 11.8 Å². The lowest BCUT2D eigenvalue weighted by Crippen LogP contribution is -2.27. The van der Waals surface area contributed by atoms with Crippen molar-refractivity contribution in [2.24, 2.45) is 0 Å². The smallest absolute Gasteiger partial charge is 0.132 e. The highest BCUT2D eigenvalue weighted by molar-refractivity contribution is 8.00. The SMILES string of the molecule is CCCNC1c2cccc(OC)c2SC1CC. The summed E-state index contributed by atoms with van der Waals surface area (Å²) in [7, 11) is 1.75. The molecule has 0 aliphatic carbocycles. The van der Waals surface area contributed by atoms with Crippen molar-refractivity contribution in [3.8, 4) is 5.75 Å². The fourth-order valence-corrected chi connectivity index (χ4v) is 3.79. The second-order valence-corrected chi connectivity index (χ2v) is 5.62. The van der Waals surface area contributed by atoms with E-state index >= 15 is 0 Å². The Balaban J connectivity index is 2.28. The summed E-state index contributed by atoms with van der Waals surface area (Å²) in [5, 5.41) is 4.30. The van der Waals surface area contributed by atoms with Gasteiger partial charge in [0.05, 0.1) is 12.0 Å². The van der Waals surface area contributed by atoms with Gasteiger partial charge in [-0.2, -0.15) is 0 Å². The minimum absolute atomic E-state index is 0.482.